The minimum absolute atomic E-state index is 0.204. The van der Waals surface area contributed by atoms with Crippen LogP contribution in [0.15, 0.2) is 54.6 Å². The van der Waals surface area contributed by atoms with E-state index in [0.29, 0.717) is 5.69 Å². The molecule has 2 N–H and O–H groups in total. The third kappa shape index (κ3) is 3.14. The second-order valence-corrected chi connectivity index (χ2v) is 4.25. The molecule has 0 aliphatic heterocycles. The molecule has 5 nitrogen and oxygen atoms in total. The lowest BCUT2D eigenvalue weighted by atomic mass is 10.1. The summed E-state index contributed by atoms with van der Waals surface area (Å²) in [6.07, 6.45) is 0. The summed E-state index contributed by atoms with van der Waals surface area (Å²) < 4.78 is 0. The Morgan fingerprint density at radius 3 is 2.55 bits per heavy atom. The molecule has 0 atom stereocenters. The number of hydroxylamine groups is 1. The number of benzene rings is 2. The Balaban J connectivity index is 2.07. The molecule has 0 unspecified atom stereocenters. The summed E-state index contributed by atoms with van der Waals surface area (Å²) in [7, 11) is 0. The van der Waals surface area contributed by atoms with Gasteiger partial charge in [-0.2, -0.15) is 5.48 Å². The fourth-order valence-corrected chi connectivity index (χ4v) is 1.66. The molecule has 20 heavy (non-hydrogen) atoms. The first-order chi connectivity index (χ1) is 9.58. The molecule has 0 aromatic heterocycles. The molecule has 0 aliphatic carbocycles. The number of hydrogen-bond acceptors (Lipinski definition) is 3. The molecular formula is C15H14N2O3. The van der Waals surface area contributed by atoms with Gasteiger partial charge in [0.1, 0.15) is 0 Å². The Kier molecular flexibility index (Phi) is 4.00. The quantitative estimate of drug-likeness (QED) is 0.651. The van der Waals surface area contributed by atoms with Crippen LogP contribution < -0.4 is 10.8 Å². The van der Waals surface area contributed by atoms with Crippen molar-refractivity contribution in [2.75, 3.05) is 5.32 Å². The maximum absolute atomic E-state index is 11.7. The number of nitrogens with one attached hydrogen (secondary N) is 2. The maximum Gasteiger partial charge on any atom is 0.358 e. The largest absolute Gasteiger partial charge is 0.358 e. The third-order valence-electron chi connectivity index (χ3n) is 2.62. The van der Waals surface area contributed by atoms with Crippen molar-refractivity contribution in [2.24, 2.45) is 0 Å². The van der Waals surface area contributed by atoms with Crippen molar-refractivity contribution in [3.8, 4) is 0 Å². The molecule has 102 valence electrons. The topological polar surface area (TPSA) is 67.4 Å². The first-order valence-corrected chi connectivity index (χ1v) is 5.99. The number of carbonyl (C=O) groups excluding carboxylic acids is 2. The van der Waals surface area contributed by atoms with E-state index < -0.39 is 12.0 Å². The number of fused-ring (bicyclic) bond motifs is 1. The van der Waals surface area contributed by atoms with Gasteiger partial charge in [0.2, 0.25) is 0 Å². The molecule has 0 bridgehead atoms. The van der Waals surface area contributed by atoms with Gasteiger partial charge in [0.15, 0.2) is 0 Å². The van der Waals surface area contributed by atoms with Crippen molar-refractivity contribution in [3.63, 3.8) is 0 Å². The van der Waals surface area contributed by atoms with Crippen molar-refractivity contribution in [1.82, 2.24) is 5.48 Å². The van der Waals surface area contributed by atoms with E-state index >= 15 is 0 Å². The van der Waals surface area contributed by atoms with Crippen molar-refractivity contribution in [2.45, 2.75) is 6.92 Å². The van der Waals surface area contributed by atoms with E-state index in [4.69, 9.17) is 0 Å². The lowest BCUT2D eigenvalue weighted by molar-refractivity contribution is -0.143. The lowest BCUT2D eigenvalue weighted by Gasteiger charge is -2.09. The maximum atomic E-state index is 11.7. The van der Waals surface area contributed by atoms with E-state index in [1.54, 1.807) is 6.07 Å². The summed E-state index contributed by atoms with van der Waals surface area (Å²) >= 11 is 0. The number of amides is 2. The monoisotopic (exact) mass is 270 g/mol. The zero-order valence-corrected chi connectivity index (χ0v) is 11.0. The number of anilines is 1. The average Bonchev–Trinajstić information content (AvgIpc) is 2.45. The first kappa shape index (κ1) is 13.6. The fourth-order valence-electron chi connectivity index (χ4n) is 1.66. The SMILES string of the molecule is C=C(C)C(=O)ONC(=O)Nc1cccc2ccccc12. The first-order valence-electron chi connectivity index (χ1n) is 5.99. The van der Waals surface area contributed by atoms with E-state index in [-0.39, 0.29) is 5.57 Å². The van der Waals surface area contributed by atoms with Gasteiger partial charge in [0, 0.05) is 11.0 Å². The van der Waals surface area contributed by atoms with Crippen LogP contribution in [0.2, 0.25) is 0 Å². The fraction of sp³-hybridized carbons (Fsp3) is 0.0667. The van der Waals surface area contributed by atoms with Crippen LogP contribution in [0.5, 0.6) is 0 Å². The minimum atomic E-state index is -0.682. The van der Waals surface area contributed by atoms with Crippen LogP contribution in [0.25, 0.3) is 10.8 Å². The van der Waals surface area contributed by atoms with Crippen molar-refractivity contribution >= 4 is 28.5 Å². The second-order valence-electron chi connectivity index (χ2n) is 4.25. The van der Waals surface area contributed by atoms with Crippen LogP contribution in [0.3, 0.4) is 0 Å². The van der Waals surface area contributed by atoms with Gasteiger partial charge in [-0.15, -0.1) is 0 Å². The number of urea groups is 1. The van der Waals surface area contributed by atoms with Crippen molar-refractivity contribution in [1.29, 1.82) is 0 Å². The Labute approximate surface area is 116 Å². The summed E-state index contributed by atoms with van der Waals surface area (Å²) in [5, 5.41) is 4.53. The highest BCUT2D eigenvalue weighted by atomic mass is 16.7. The standard InChI is InChI=1S/C15H14N2O3/c1-10(2)14(18)20-17-15(19)16-13-9-5-7-11-6-3-4-8-12(11)13/h3-9H,1H2,2H3,(H2,16,17,19). The molecule has 5 heteroatoms. The number of hydrogen-bond donors (Lipinski definition) is 2. The highest BCUT2D eigenvalue weighted by molar-refractivity contribution is 6.01. The molecule has 2 aromatic carbocycles. The van der Waals surface area contributed by atoms with Crippen molar-refractivity contribution in [3.05, 3.63) is 54.6 Å². The van der Waals surface area contributed by atoms with Gasteiger partial charge < -0.3 is 10.2 Å². The van der Waals surface area contributed by atoms with Gasteiger partial charge in [-0.1, -0.05) is 43.0 Å². The molecule has 2 aromatic rings. The normalized spacial score (nSPS) is 9.85. The van der Waals surface area contributed by atoms with Gasteiger partial charge in [-0.25, -0.2) is 9.59 Å². The van der Waals surface area contributed by atoms with Crippen LogP contribution in [0.4, 0.5) is 10.5 Å². The van der Waals surface area contributed by atoms with Crippen LogP contribution in [-0.4, -0.2) is 12.0 Å². The number of carbonyl (C=O) groups is 2. The Hall–Kier alpha value is -2.82. The van der Waals surface area contributed by atoms with Gasteiger partial charge in [-0.05, 0) is 18.4 Å². The van der Waals surface area contributed by atoms with Crippen LogP contribution in [0, 0.1) is 0 Å². The Bertz CT molecular complexity index is 674. The molecule has 0 spiro atoms. The predicted octanol–water partition coefficient (Wildman–Crippen LogP) is 3.00. The van der Waals surface area contributed by atoms with E-state index in [0.717, 1.165) is 10.8 Å². The zero-order chi connectivity index (χ0) is 14.5. The van der Waals surface area contributed by atoms with Crippen molar-refractivity contribution < 1.29 is 14.4 Å². The van der Waals surface area contributed by atoms with Crippen LogP contribution >= 0.6 is 0 Å². The molecule has 0 fully saturated rings. The summed E-state index contributed by atoms with van der Waals surface area (Å²) in [5.41, 5.74) is 2.85. The summed E-state index contributed by atoms with van der Waals surface area (Å²) in [5.74, 6) is -0.682. The molecule has 0 saturated carbocycles. The molecule has 0 heterocycles. The average molecular weight is 270 g/mol. The zero-order valence-electron chi connectivity index (χ0n) is 11.0. The smallest absolute Gasteiger partial charge is 0.334 e. The Morgan fingerprint density at radius 1 is 1.10 bits per heavy atom. The molecule has 0 radical (unpaired) electrons. The van der Waals surface area contributed by atoms with Crippen LogP contribution in [0.1, 0.15) is 6.92 Å². The molecular weight excluding hydrogens is 256 g/mol. The van der Waals surface area contributed by atoms with E-state index in [1.807, 2.05) is 41.9 Å². The van der Waals surface area contributed by atoms with E-state index in [2.05, 4.69) is 16.7 Å². The third-order valence-corrected chi connectivity index (χ3v) is 2.62. The molecule has 2 amide bonds. The molecule has 0 aliphatic rings. The number of rotatable bonds is 2. The van der Waals surface area contributed by atoms with Gasteiger partial charge in [-0.3, -0.25) is 0 Å². The highest BCUT2D eigenvalue weighted by Gasteiger charge is 2.08. The van der Waals surface area contributed by atoms with E-state index in [9.17, 15) is 9.59 Å². The summed E-state index contributed by atoms with van der Waals surface area (Å²) in [4.78, 5) is 27.4. The van der Waals surface area contributed by atoms with Gasteiger partial charge >= 0.3 is 12.0 Å². The lowest BCUT2D eigenvalue weighted by Crippen LogP contribution is -2.31. The highest BCUT2D eigenvalue weighted by Crippen LogP contribution is 2.22. The minimum Gasteiger partial charge on any atom is -0.334 e. The Morgan fingerprint density at radius 2 is 1.80 bits per heavy atom. The molecule has 0 saturated heterocycles. The summed E-state index contributed by atoms with van der Waals surface area (Å²) in [6.45, 7) is 4.90. The second kappa shape index (κ2) is 5.88. The van der Waals surface area contributed by atoms with Gasteiger partial charge in [0.25, 0.3) is 0 Å². The van der Waals surface area contributed by atoms with Gasteiger partial charge in [0.05, 0.1) is 5.69 Å². The summed E-state index contributed by atoms with van der Waals surface area (Å²) in [6, 6.07) is 12.5. The van der Waals surface area contributed by atoms with Crippen LogP contribution in [-0.2, 0) is 9.63 Å². The predicted molar refractivity (Wildman–Crippen MR) is 77.0 cm³/mol. The van der Waals surface area contributed by atoms with E-state index in [1.165, 1.54) is 6.92 Å². The molecule has 2 rings (SSSR count).